The van der Waals surface area contributed by atoms with Crippen LogP contribution in [0.5, 0.6) is 0 Å². The highest BCUT2D eigenvalue weighted by Crippen LogP contribution is 2.28. The number of rotatable bonds is 2. The molecule has 2 N–H and O–H groups in total. The summed E-state index contributed by atoms with van der Waals surface area (Å²) in [6.07, 6.45) is 0.283. The fourth-order valence-corrected chi connectivity index (χ4v) is 3.05. The topological polar surface area (TPSA) is 43.1 Å². The SMILES string of the molecule is NC(=O)Cc1ccc2cc3cc4ccccc4cc3cc2c1. The Morgan fingerprint density at radius 2 is 1.18 bits per heavy atom. The number of carbonyl (C=O) groups is 1. The Morgan fingerprint density at radius 1 is 0.682 bits per heavy atom. The van der Waals surface area contributed by atoms with Crippen molar-refractivity contribution in [2.75, 3.05) is 0 Å². The van der Waals surface area contributed by atoms with Gasteiger partial charge < -0.3 is 5.73 Å². The minimum atomic E-state index is -0.300. The Balaban J connectivity index is 1.97. The molecule has 0 heterocycles. The number of hydrogen-bond acceptors (Lipinski definition) is 1. The average molecular weight is 285 g/mol. The summed E-state index contributed by atoms with van der Waals surface area (Å²) in [6.45, 7) is 0. The van der Waals surface area contributed by atoms with Crippen molar-refractivity contribution in [3.63, 3.8) is 0 Å². The van der Waals surface area contributed by atoms with E-state index >= 15 is 0 Å². The average Bonchev–Trinajstić information content (AvgIpc) is 2.50. The molecular formula is C20H15NO. The molecule has 0 atom stereocenters. The molecule has 0 spiro atoms. The van der Waals surface area contributed by atoms with Crippen LogP contribution in [0.2, 0.25) is 0 Å². The molecule has 1 amide bonds. The van der Waals surface area contributed by atoms with Crippen molar-refractivity contribution in [3.8, 4) is 0 Å². The van der Waals surface area contributed by atoms with Gasteiger partial charge in [-0.3, -0.25) is 4.79 Å². The molecule has 0 saturated carbocycles. The molecule has 0 unspecified atom stereocenters. The number of primary amides is 1. The van der Waals surface area contributed by atoms with E-state index in [1.807, 2.05) is 6.07 Å². The Bertz CT molecular complexity index is 1030. The van der Waals surface area contributed by atoms with E-state index in [1.165, 1.54) is 26.9 Å². The first kappa shape index (κ1) is 12.8. The van der Waals surface area contributed by atoms with Gasteiger partial charge in [-0.25, -0.2) is 0 Å². The van der Waals surface area contributed by atoms with E-state index in [0.29, 0.717) is 0 Å². The molecule has 4 aromatic rings. The second-order valence-electron chi connectivity index (χ2n) is 5.72. The summed E-state index contributed by atoms with van der Waals surface area (Å²) in [6, 6.07) is 23.3. The van der Waals surface area contributed by atoms with Crippen LogP contribution in [0.4, 0.5) is 0 Å². The molecule has 106 valence electrons. The van der Waals surface area contributed by atoms with Gasteiger partial charge in [-0.2, -0.15) is 0 Å². The standard InChI is InChI=1S/C20H15NO/c21-20(22)8-13-5-6-16-11-18-9-14-3-1-2-4-15(14)10-19(18)12-17(16)7-13/h1-7,9-12H,8H2,(H2,21,22). The largest absolute Gasteiger partial charge is 0.369 e. The lowest BCUT2D eigenvalue weighted by atomic mass is 9.98. The highest BCUT2D eigenvalue weighted by Gasteiger charge is 2.03. The third-order valence-corrected chi connectivity index (χ3v) is 4.10. The van der Waals surface area contributed by atoms with E-state index in [-0.39, 0.29) is 12.3 Å². The van der Waals surface area contributed by atoms with Crippen LogP contribution in [0.3, 0.4) is 0 Å². The maximum Gasteiger partial charge on any atom is 0.221 e. The molecule has 0 aromatic heterocycles. The highest BCUT2D eigenvalue weighted by atomic mass is 16.1. The van der Waals surface area contributed by atoms with Crippen molar-refractivity contribution in [2.24, 2.45) is 5.73 Å². The van der Waals surface area contributed by atoms with E-state index < -0.39 is 0 Å². The minimum absolute atomic E-state index is 0.283. The quantitative estimate of drug-likeness (QED) is 0.552. The molecule has 0 bridgehead atoms. The van der Waals surface area contributed by atoms with Gasteiger partial charge in [0, 0.05) is 0 Å². The smallest absolute Gasteiger partial charge is 0.221 e. The third kappa shape index (κ3) is 2.19. The van der Waals surface area contributed by atoms with Crippen molar-refractivity contribution < 1.29 is 4.79 Å². The van der Waals surface area contributed by atoms with Crippen LogP contribution in [0.25, 0.3) is 32.3 Å². The summed E-state index contributed by atoms with van der Waals surface area (Å²) < 4.78 is 0. The lowest BCUT2D eigenvalue weighted by molar-refractivity contribution is -0.117. The predicted molar refractivity (Wildman–Crippen MR) is 91.9 cm³/mol. The number of hydrogen-bond donors (Lipinski definition) is 1. The fraction of sp³-hybridized carbons (Fsp3) is 0.0500. The summed E-state index contributed by atoms with van der Waals surface area (Å²) in [5.74, 6) is -0.300. The molecule has 4 aromatic carbocycles. The number of benzene rings is 4. The molecule has 2 heteroatoms. The zero-order valence-corrected chi connectivity index (χ0v) is 12.0. The molecule has 0 aliphatic carbocycles. The zero-order chi connectivity index (χ0) is 15.1. The third-order valence-electron chi connectivity index (χ3n) is 4.10. The summed E-state index contributed by atoms with van der Waals surface area (Å²) in [5, 5.41) is 7.25. The first-order chi connectivity index (χ1) is 10.7. The van der Waals surface area contributed by atoms with Crippen LogP contribution in [-0.4, -0.2) is 5.91 Å². The Hall–Kier alpha value is -2.87. The Kier molecular flexibility index (Phi) is 2.83. The van der Waals surface area contributed by atoms with Crippen LogP contribution >= 0.6 is 0 Å². The number of nitrogens with two attached hydrogens (primary N) is 1. The van der Waals surface area contributed by atoms with Crippen molar-refractivity contribution in [2.45, 2.75) is 6.42 Å². The van der Waals surface area contributed by atoms with Gasteiger partial charge in [0.25, 0.3) is 0 Å². The van der Waals surface area contributed by atoms with Gasteiger partial charge in [0.2, 0.25) is 5.91 Å². The van der Waals surface area contributed by atoms with Gasteiger partial charge in [-0.1, -0.05) is 42.5 Å². The van der Waals surface area contributed by atoms with Crippen LogP contribution in [0.1, 0.15) is 5.56 Å². The van der Waals surface area contributed by atoms with Crippen molar-refractivity contribution in [3.05, 3.63) is 72.3 Å². The molecule has 22 heavy (non-hydrogen) atoms. The molecule has 4 rings (SSSR count). The van der Waals surface area contributed by atoms with Gasteiger partial charge in [-0.15, -0.1) is 0 Å². The molecule has 0 aliphatic heterocycles. The van der Waals surface area contributed by atoms with Crippen molar-refractivity contribution in [1.29, 1.82) is 0 Å². The first-order valence-corrected chi connectivity index (χ1v) is 7.32. The predicted octanol–water partition coefficient (Wildman–Crippen LogP) is 4.17. The summed E-state index contributed by atoms with van der Waals surface area (Å²) in [4.78, 5) is 11.1. The van der Waals surface area contributed by atoms with Crippen LogP contribution in [0.15, 0.2) is 66.7 Å². The van der Waals surface area contributed by atoms with Gasteiger partial charge in [-0.05, 0) is 62.1 Å². The maximum atomic E-state index is 11.1. The molecular weight excluding hydrogens is 270 g/mol. The molecule has 2 nitrogen and oxygen atoms in total. The second kappa shape index (κ2) is 4.85. The Morgan fingerprint density at radius 3 is 1.77 bits per heavy atom. The van der Waals surface area contributed by atoms with Gasteiger partial charge in [0.05, 0.1) is 6.42 Å². The second-order valence-corrected chi connectivity index (χ2v) is 5.72. The molecule has 0 saturated heterocycles. The van der Waals surface area contributed by atoms with Crippen LogP contribution in [0, 0.1) is 0 Å². The van der Waals surface area contributed by atoms with Crippen molar-refractivity contribution >= 4 is 38.2 Å². The van der Waals surface area contributed by atoms with Crippen LogP contribution < -0.4 is 5.73 Å². The van der Waals surface area contributed by atoms with E-state index in [9.17, 15) is 4.79 Å². The molecule has 0 aliphatic rings. The van der Waals surface area contributed by atoms with Crippen LogP contribution in [-0.2, 0) is 11.2 Å². The summed E-state index contributed by atoms with van der Waals surface area (Å²) in [5.41, 5.74) is 6.24. The van der Waals surface area contributed by atoms with Gasteiger partial charge in [0.15, 0.2) is 0 Å². The van der Waals surface area contributed by atoms with E-state index in [1.54, 1.807) is 0 Å². The monoisotopic (exact) mass is 285 g/mol. The normalized spacial score (nSPS) is 11.3. The minimum Gasteiger partial charge on any atom is -0.369 e. The molecule has 0 radical (unpaired) electrons. The maximum absolute atomic E-state index is 11.1. The van der Waals surface area contributed by atoms with E-state index in [0.717, 1.165) is 10.9 Å². The summed E-state index contributed by atoms with van der Waals surface area (Å²) >= 11 is 0. The lowest BCUT2D eigenvalue weighted by Crippen LogP contribution is -2.13. The fourth-order valence-electron chi connectivity index (χ4n) is 3.05. The molecule has 0 fully saturated rings. The number of carbonyl (C=O) groups excluding carboxylic acids is 1. The number of amides is 1. The number of fused-ring (bicyclic) bond motifs is 3. The summed E-state index contributed by atoms with van der Waals surface area (Å²) in [7, 11) is 0. The zero-order valence-electron chi connectivity index (χ0n) is 12.0. The lowest BCUT2D eigenvalue weighted by Gasteiger charge is -2.06. The van der Waals surface area contributed by atoms with E-state index in [2.05, 4.69) is 60.7 Å². The van der Waals surface area contributed by atoms with Crippen molar-refractivity contribution in [1.82, 2.24) is 0 Å². The van der Waals surface area contributed by atoms with Gasteiger partial charge in [0.1, 0.15) is 0 Å². The van der Waals surface area contributed by atoms with E-state index in [4.69, 9.17) is 5.73 Å². The highest BCUT2D eigenvalue weighted by molar-refractivity contribution is 6.04. The van der Waals surface area contributed by atoms with Gasteiger partial charge >= 0.3 is 0 Å². The Labute approximate surface area is 128 Å². The first-order valence-electron chi connectivity index (χ1n) is 7.32.